The number of benzene rings is 2. The van der Waals surface area contributed by atoms with Crippen molar-refractivity contribution in [2.24, 2.45) is 5.73 Å². The van der Waals surface area contributed by atoms with E-state index in [2.05, 4.69) is 74.4 Å². The summed E-state index contributed by atoms with van der Waals surface area (Å²) < 4.78 is 0. The van der Waals surface area contributed by atoms with Crippen LogP contribution in [0.3, 0.4) is 0 Å². The van der Waals surface area contributed by atoms with Crippen molar-refractivity contribution in [3.8, 4) is 0 Å². The first-order valence-corrected chi connectivity index (χ1v) is 7.14. The molecule has 0 bridgehead atoms. The molecule has 0 heterocycles. The van der Waals surface area contributed by atoms with Crippen LogP contribution in [0.2, 0.25) is 0 Å². The van der Waals surface area contributed by atoms with E-state index in [1.807, 2.05) is 0 Å². The van der Waals surface area contributed by atoms with Crippen LogP contribution in [0.15, 0.2) is 48.5 Å². The molecule has 0 saturated heterocycles. The topological polar surface area (TPSA) is 29.3 Å². The van der Waals surface area contributed by atoms with Gasteiger partial charge in [0.25, 0.3) is 0 Å². The Labute approximate surface area is 122 Å². The van der Waals surface area contributed by atoms with Crippen LogP contribution in [-0.2, 0) is 6.42 Å². The molecule has 0 amide bonds. The van der Waals surface area contributed by atoms with E-state index in [1.165, 1.54) is 22.4 Å². The van der Waals surface area contributed by atoms with Gasteiger partial charge in [0.15, 0.2) is 0 Å². The fraction of sp³-hybridized carbons (Fsp3) is 0.333. The molecule has 1 atom stereocenters. The summed E-state index contributed by atoms with van der Waals surface area (Å²) in [5.74, 6) is 0. The number of anilines is 1. The molecule has 20 heavy (non-hydrogen) atoms. The second-order valence-corrected chi connectivity index (χ2v) is 5.62. The molecule has 0 fully saturated rings. The van der Waals surface area contributed by atoms with Crippen molar-refractivity contribution >= 4 is 5.69 Å². The van der Waals surface area contributed by atoms with Crippen molar-refractivity contribution in [2.45, 2.75) is 25.8 Å². The SMILES string of the molecule is Cc1ccc(C(N)CCc2ccc(N(C)C)cc2)cc1. The molecular weight excluding hydrogens is 244 g/mol. The number of nitrogens with zero attached hydrogens (tertiary/aromatic N) is 1. The van der Waals surface area contributed by atoms with E-state index in [-0.39, 0.29) is 6.04 Å². The summed E-state index contributed by atoms with van der Waals surface area (Å²) in [6, 6.07) is 17.3. The molecular formula is C18H24N2. The summed E-state index contributed by atoms with van der Waals surface area (Å²) in [7, 11) is 4.12. The van der Waals surface area contributed by atoms with Gasteiger partial charge in [-0.25, -0.2) is 0 Å². The summed E-state index contributed by atoms with van der Waals surface area (Å²) in [4.78, 5) is 2.11. The summed E-state index contributed by atoms with van der Waals surface area (Å²) >= 11 is 0. The maximum absolute atomic E-state index is 6.26. The van der Waals surface area contributed by atoms with Gasteiger partial charge in [-0.1, -0.05) is 42.0 Å². The summed E-state index contributed by atoms with van der Waals surface area (Å²) in [5.41, 5.74) is 11.3. The maximum Gasteiger partial charge on any atom is 0.0361 e. The Morgan fingerprint density at radius 3 is 2.10 bits per heavy atom. The first-order chi connectivity index (χ1) is 9.56. The lowest BCUT2D eigenvalue weighted by Gasteiger charge is -2.14. The van der Waals surface area contributed by atoms with Gasteiger partial charge in [0.1, 0.15) is 0 Å². The van der Waals surface area contributed by atoms with Crippen molar-refractivity contribution in [1.29, 1.82) is 0 Å². The summed E-state index contributed by atoms with van der Waals surface area (Å²) in [5, 5.41) is 0. The Morgan fingerprint density at radius 1 is 0.950 bits per heavy atom. The standard InChI is InChI=1S/C18H24N2/c1-14-4-9-16(10-5-14)18(19)13-8-15-6-11-17(12-7-15)20(2)3/h4-7,9-12,18H,8,13,19H2,1-3H3. The number of nitrogens with two attached hydrogens (primary N) is 1. The number of hydrogen-bond acceptors (Lipinski definition) is 2. The third-order valence-corrected chi connectivity index (χ3v) is 3.70. The lowest BCUT2D eigenvalue weighted by Crippen LogP contribution is -2.11. The number of aryl methyl sites for hydroxylation is 2. The minimum absolute atomic E-state index is 0.115. The van der Waals surface area contributed by atoms with E-state index in [9.17, 15) is 0 Å². The first-order valence-electron chi connectivity index (χ1n) is 7.14. The predicted octanol–water partition coefficient (Wildman–Crippen LogP) is 3.69. The van der Waals surface area contributed by atoms with Crippen molar-refractivity contribution in [3.05, 3.63) is 65.2 Å². The Balaban J connectivity index is 1.92. The van der Waals surface area contributed by atoms with E-state index < -0.39 is 0 Å². The minimum Gasteiger partial charge on any atom is -0.378 e. The van der Waals surface area contributed by atoms with Crippen LogP contribution in [0.25, 0.3) is 0 Å². The predicted molar refractivity (Wildman–Crippen MR) is 87.2 cm³/mol. The fourth-order valence-electron chi connectivity index (χ4n) is 2.26. The van der Waals surface area contributed by atoms with Crippen LogP contribution in [0, 0.1) is 6.92 Å². The molecule has 0 aromatic heterocycles. The van der Waals surface area contributed by atoms with Crippen molar-refractivity contribution in [3.63, 3.8) is 0 Å². The third-order valence-electron chi connectivity index (χ3n) is 3.70. The zero-order chi connectivity index (χ0) is 14.5. The second-order valence-electron chi connectivity index (χ2n) is 5.62. The highest BCUT2D eigenvalue weighted by molar-refractivity contribution is 5.46. The number of hydrogen-bond donors (Lipinski definition) is 1. The van der Waals surface area contributed by atoms with Crippen LogP contribution in [0.5, 0.6) is 0 Å². The van der Waals surface area contributed by atoms with Crippen LogP contribution < -0.4 is 10.6 Å². The van der Waals surface area contributed by atoms with Gasteiger partial charge < -0.3 is 10.6 Å². The van der Waals surface area contributed by atoms with Crippen LogP contribution in [-0.4, -0.2) is 14.1 Å². The van der Waals surface area contributed by atoms with Crippen LogP contribution in [0.1, 0.15) is 29.2 Å². The molecule has 0 spiro atoms. The van der Waals surface area contributed by atoms with Gasteiger partial charge in [0, 0.05) is 25.8 Å². The van der Waals surface area contributed by atoms with E-state index >= 15 is 0 Å². The minimum atomic E-state index is 0.115. The van der Waals surface area contributed by atoms with Gasteiger partial charge in [-0.2, -0.15) is 0 Å². The molecule has 2 N–H and O–H groups in total. The molecule has 0 radical (unpaired) electrons. The molecule has 0 aliphatic heterocycles. The smallest absolute Gasteiger partial charge is 0.0361 e. The lowest BCUT2D eigenvalue weighted by atomic mass is 9.99. The van der Waals surface area contributed by atoms with E-state index in [1.54, 1.807) is 0 Å². The average molecular weight is 268 g/mol. The van der Waals surface area contributed by atoms with Crippen LogP contribution >= 0.6 is 0 Å². The second kappa shape index (κ2) is 6.58. The van der Waals surface area contributed by atoms with Crippen molar-refractivity contribution < 1.29 is 0 Å². The normalized spacial score (nSPS) is 12.2. The summed E-state index contributed by atoms with van der Waals surface area (Å²) in [6.07, 6.45) is 1.99. The highest BCUT2D eigenvalue weighted by Crippen LogP contribution is 2.19. The van der Waals surface area contributed by atoms with Gasteiger partial charge in [0.05, 0.1) is 0 Å². The molecule has 2 heteroatoms. The molecule has 2 rings (SSSR count). The van der Waals surface area contributed by atoms with Gasteiger partial charge in [-0.3, -0.25) is 0 Å². The van der Waals surface area contributed by atoms with Gasteiger partial charge >= 0.3 is 0 Å². The molecule has 1 unspecified atom stereocenters. The molecule has 2 aromatic rings. The number of rotatable bonds is 5. The fourth-order valence-corrected chi connectivity index (χ4v) is 2.26. The molecule has 0 saturated carbocycles. The van der Waals surface area contributed by atoms with Crippen molar-refractivity contribution in [1.82, 2.24) is 0 Å². The zero-order valence-corrected chi connectivity index (χ0v) is 12.6. The van der Waals surface area contributed by atoms with Crippen molar-refractivity contribution in [2.75, 3.05) is 19.0 Å². The van der Waals surface area contributed by atoms with Gasteiger partial charge in [-0.15, -0.1) is 0 Å². The maximum atomic E-state index is 6.26. The first kappa shape index (κ1) is 14.6. The Bertz CT molecular complexity index is 526. The van der Waals surface area contributed by atoms with E-state index in [0.29, 0.717) is 0 Å². The summed E-state index contributed by atoms with van der Waals surface area (Å²) in [6.45, 7) is 2.10. The quantitative estimate of drug-likeness (QED) is 0.896. The molecule has 0 aliphatic rings. The van der Waals surface area contributed by atoms with Gasteiger partial charge in [-0.05, 0) is 43.0 Å². The molecule has 0 aliphatic carbocycles. The van der Waals surface area contributed by atoms with Gasteiger partial charge in [0.2, 0.25) is 0 Å². The lowest BCUT2D eigenvalue weighted by molar-refractivity contribution is 0.651. The monoisotopic (exact) mass is 268 g/mol. The van der Waals surface area contributed by atoms with Crippen LogP contribution in [0.4, 0.5) is 5.69 Å². The third kappa shape index (κ3) is 3.84. The molecule has 106 valence electrons. The zero-order valence-electron chi connectivity index (χ0n) is 12.6. The Morgan fingerprint density at radius 2 is 1.55 bits per heavy atom. The molecule has 2 aromatic carbocycles. The highest BCUT2D eigenvalue weighted by Gasteiger charge is 2.06. The largest absolute Gasteiger partial charge is 0.378 e. The Hall–Kier alpha value is -1.80. The molecule has 2 nitrogen and oxygen atoms in total. The van der Waals surface area contributed by atoms with E-state index in [0.717, 1.165) is 12.8 Å². The average Bonchev–Trinajstić information content (AvgIpc) is 2.46. The van der Waals surface area contributed by atoms with E-state index in [4.69, 9.17) is 5.73 Å². The Kier molecular flexibility index (Phi) is 4.80. The highest BCUT2D eigenvalue weighted by atomic mass is 15.1.